The Balaban J connectivity index is 2.56. The number of carbonyl (C=O) groups is 1. The van der Waals surface area contributed by atoms with Gasteiger partial charge in [-0.1, -0.05) is 19.1 Å². The van der Waals surface area contributed by atoms with Crippen molar-refractivity contribution in [3.63, 3.8) is 0 Å². The number of benzene rings is 1. The number of para-hydroxylation sites is 1. The molecule has 1 aromatic rings. The third-order valence-corrected chi connectivity index (χ3v) is 3.26. The molecule has 0 aliphatic rings. The highest BCUT2D eigenvalue weighted by Crippen LogP contribution is 2.29. The Morgan fingerprint density at radius 3 is 2.80 bits per heavy atom. The zero-order chi connectivity index (χ0) is 15.0. The van der Waals surface area contributed by atoms with Gasteiger partial charge >= 0.3 is 0 Å². The number of hydrogen-bond acceptors (Lipinski definition) is 3. The minimum Gasteiger partial charge on any atom is -0.492 e. The van der Waals surface area contributed by atoms with Crippen LogP contribution in [0.3, 0.4) is 0 Å². The fourth-order valence-electron chi connectivity index (χ4n) is 1.75. The Kier molecular flexibility index (Phi) is 7.62. The Labute approximate surface area is 129 Å². The molecular formula is C15H23BrN2O2. The summed E-state index contributed by atoms with van der Waals surface area (Å²) >= 11 is 3.49. The van der Waals surface area contributed by atoms with Crippen molar-refractivity contribution in [1.29, 1.82) is 0 Å². The van der Waals surface area contributed by atoms with Crippen LogP contribution >= 0.6 is 15.9 Å². The molecule has 0 fully saturated rings. The highest BCUT2D eigenvalue weighted by atomic mass is 79.9. The van der Waals surface area contributed by atoms with Crippen molar-refractivity contribution in [2.45, 2.75) is 39.8 Å². The number of hydrogen-bond donors (Lipinski definition) is 2. The molecule has 0 saturated carbocycles. The van der Waals surface area contributed by atoms with E-state index in [1.807, 2.05) is 32.0 Å². The van der Waals surface area contributed by atoms with Crippen LogP contribution in [-0.4, -0.2) is 25.1 Å². The van der Waals surface area contributed by atoms with Gasteiger partial charge in [-0.05, 0) is 42.4 Å². The van der Waals surface area contributed by atoms with E-state index in [0.29, 0.717) is 13.0 Å². The maximum atomic E-state index is 11.6. The smallest absolute Gasteiger partial charge is 0.223 e. The maximum Gasteiger partial charge on any atom is 0.223 e. The largest absolute Gasteiger partial charge is 0.492 e. The second kappa shape index (κ2) is 8.97. The standard InChI is InChI=1S/C15H23BrN2O2/c1-4-17-10-12-6-5-7-13(16)15(12)20-9-8-14(19)18-11(2)3/h5-7,11,17H,4,8-10H2,1-3H3,(H,18,19). The summed E-state index contributed by atoms with van der Waals surface area (Å²) in [6, 6.07) is 6.11. The van der Waals surface area contributed by atoms with Crippen LogP contribution in [0.5, 0.6) is 5.75 Å². The molecule has 0 bridgehead atoms. The quantitative estimate of drug-likeness (QED) is 0.763. The topological polar surface area (TPSA) is 50.4 Å². The number of ether oxygens (including phenoxy) is 1. The first kappa shape index (κ1) is 17.0. The van der Waals surface area contributed by atoms with Crippen molar-refractivity contribution in [2.24, 2.45) is 0 Å². The number of rotatable bonds is 8. The van der Waals surface area contributed by atoms with Crippen LogP contribution in [0.25, 0.3) is 0 Å². The van der Waals surface area contributed by atoms with Gasteiger partial charge in [0.2, 0.25) is 5.91 Å². The van der Waals surface area contributed by atoms with Gasteiger partial charge in [-0.3, -0.25) is 4.79 Å². The average molecular weight is 343 g/mol. The van der Waals surface area contributed by atoms with E-state index in [4.69, 9.17) is 4.74 Å². The molecule has 1 rings (SSSR count). The van der Waals surface area contributed by atoms with Crippen molar-refractivity contribution in [2.75, 3.05) is 13.2 Å². The van der Waals surface area contributed by atoms with Crippen LogP contribution in [0.1, 0.15) is 32.8 Å². The van der Waals surface area contributed by atoms with Gasteiger partial charge in [-0.2, -0.15) is 0 Å². The lowest BCUT2D eigenvalue weighted by atomic mass is 10.2. The van der Waals surface area contributed by atoms with Crippen molar-refractivity contribution in [1.82, 2.24) is 10.6 Å². The van der Waals surface area contributed by atoms with Crippen molar-refractivity contribution in [3.8, 4) is 5.75 Å². The van der Waals surface area contributed by atoms with E-state index in [1.54, 1.807) is 0 Å². The Morgan fingerprint density at radius 1 is 1.40 bits per heavy atom. The van der Waals surface area contributed by atoms with Crippen LogP contribution in [0.15, 0.2) is 22.7 Å². The Morgan fingerprint density at radius 2 is 2.15 bits per heavy atom. The van der Waals surface area contributed by atoms with Crippen LogP contribution in [-0.2, 0) is 11.3 Å². The molecule has 0 radical (unpaired) electrons. The van der Waals surface area contributed by atoms with E-state index in [9.17, 15) is 4.79 Å². The highest BCUT2D eigenvalue weighted by Gasteiger charge is 2.09. The van der Waals surface area contributed by atoms with Crippen LogP contribution in [0, 0.1) is 0 Å². The van der Waals surface area contributed by atoms with E-state index in [-0.39, 0.29) is 11.9 Å². The molecule has 0 saturated heterocycles. The lowest BCUT2D eigenvalue weighted by Gasteiger charge is -2.14. The van der Waals surface area contributed by atoms with E-state index < -0.39 is 0 Å². The molecule has 0 atom stereocenters. The first-order chi connectivity index (χ1) is 9.54. The summed E-state index contributed by atoms with van der Waals surface area (Å²) in [7, 11) is 0. The minimum absolute atomic E-state index is 0.0142. The summed E-state index contributed by atoms with van der Waals surface area (Å²) in [5, 5.41) is 6.13. The van der Waals surface area contributed by atoms with Gasteiger partial charge in [-0.15, -0.1) is 0 Å². The summed E-state index contributed by atoms with van der Waals surface area (Å²) < 4.78 is 6.68. The molecule has 1 amide bonds. The van der Waals surface area contributed by atoms with Crippen LogP contribution < -0.4 is 15.4 Å². The molecule has 0 unspecified atom stereocenters. The molecule has 0 aliphatic heterocycles. The average Bonchev–Trinajstić information content (AvgIpc) is 2.38. The highest BCUT2D eigenvalue weighted by molar-refractivity contribution is 9.10. The second-order valence-corrected chi connectivity index (χ2v) is 5.68. The normalized spacial score (nSPS) is 10.7. The van der Waals surface area contributed by atoms with Crippen LogP contribution in [0.4, 0.5) is 0 Å². The van der Waals surface area contributed by atoms with Gasteiger partial charge in [-0.25, -0.2) is 0 Å². The van der Waals surface area contributed by atoms with Gasteiger partial charge < -0.3 is 15.4 Å². The third-order valence-electron chi connectivity index (χ3n) is 2.64. The number of halogens is 1. The lowest BCUT2D eigenvalue weighted by Crippen LogP contribution is -2.31. The van der Waals surface area contributed by atoms with Crippen molar-refractivity contribution in [3.05, 3.63) is 28.2 Å². The Bertz CT molecular complexity index is 436. The molecule has 2 N–H and O–H groups in total. The third kappa shape index (κ3) is 5.92. The van der Waals surface area contributed by atoms with Crippen LogP contribution in [0.2, 0.25) is 0 Å². The summed E-state index contributed by atoms with van der Waals surface area (Å²) in [5.74, 6) is 0.825. The number of nitrogens with one attached hydrogen (secondary N) is 2. The van der Waals surface area contributed by atoms with E-state index >= 15 is 0 Å². The van der Waals surface area contributed by atoms with E-state index in [2.05, 4.69) is 33.5 Å². The fourth-order valence-corrected chi connectivity index (χ4v) is 2.28. The molecule has 0 heterocycles. The van der Waals surface area contributed by atoms with Gasteiger partial charge in [0, 0.05) is 18.2 Å². The van der Waals surface area contributed by atoms with Gasteiger partial charge in [0.15, 0.2) is 0 Å². The Hall–Kier alpha value is -1.07. The lowest BCUT2D eigenvalue weighted by molar-refractivity contribution is -0.122. The number of carbonyl (C=O) groups excluding carboxylic acids is 1. The summed E-state index contributed by atoms with van der Waals surface area (Å²) in [4.78, 5) is 11.6. The molecule has 5 heteroatoms. The molecule has 0 aromatic heterocycles. The predicted molar refractivity (Wildman–Crippen MR) is 84.9 cm³/mol. The molecule has 0 aliphatic carbocycles. The van der Waals surface area contributed by atoms with E-state index in [1.165, 1.54) is 0 Å². The predicted octanol–water partition coefficient (Wildman–Crippen LogP) is 2.85. The maximum absolute atomic E-state index is 11.6. The first-order valence-electron chi connectivity index (χ1n) is 6.94. The summed E-state index contributed by atoms with van der Waals surface area (Å²) in [5.41, 5.74) is 1.09. The minimum atomic E-state index is 0.0142. The molecule has 4 nitrogen and oxygen atoms in total. The van der Waals surface area contributed by atoms with E-state index in [0.717, 1.165) is 28.9 Å². The summed E-state index contributed by atoms with van der Waals surface area (Å²) in [6.45, 7) is 7.99. The SMILES string of the molecule is CCNCc1cccc(Br)c1OCCC(=O)NC(C)C. The van der Waals surface area contributed by atoms with Crippen molar-refractivity contribution < 1.29 is 9.53 Å². The summed E-state index contributed by atoms with van der Waals surface area (Å²) in [6.07, 6.45) is 0.361. The van der Waals surface area contributed by atoms with Crippen molar-refractivity contribution >= 4 is 21.8 Å². The molecule has 112 valence electrons. The zero-order valence-electron chi connectivity index (χ0n) is 12.3. The fraction of sp³-hybridized carbons (Fsp3) is 0.533. The van der Waals surface area contributed by atoms with Gasteiger partial charge in [0.05, 0.1) is 17.5 Å². The van der Waals surface area contributed by atoms with Gasteiger partial charge in [0.25, 0.3) is 0 Å². The zero-order valence-corrected chi connectivity index (χ0v) is 13.9. The second-order valence-electron chi connectivity index (χ2n) is 4.83. The molecule has 1 aromatic carbocycles. The van der Waals surface area contributed by atoms with Gasteiger partial charge in [0.1, 0.15) is 5.75 Å². The molecule has 0 spiro atoms. The molecule has 20 heavy (non-hydrogen) atoms. The monoisotopic (exact) mass is 342 g/mol. The first-order valence-corrected chi connectivity index (χ1v) is 7.74. The molecular weight excluding hydrogens is 320 g/mol. The number of amides is 1.